The van der Waals surface area contributed by atoms with Crippen LogP contribution in [0.5, 0.6) is 0 Å². The Balaban J connectivity index is 0.922. The van der Waals surface area contributed by atoms with Gasteiger partial charge in [-0.2, -0.15) is 0 Å². The van der Waals surface area contributed by atoms with E-state index in [1.807, 2.05) is 0 Å². The Kier molecular flexibility index (Phi) is 24.7. The number of unbranched alkanes of at least 4 members (excludes halogenated alkanes) is 12. The molecule has 3 saturated carbocycles. The van der Waals surface area contributed by atoms with Crippen molar-refractivity contribution in [3.05, 3.63) is 23.8 Å². The monoisotopic (exact) mass is 922 g/mol. The Morgan fingerprint density at radius 3 is 2.20 bits per heavy atom. The summed E-state index contributed by atoms with van der Waals surface area (Å²) in [4.78, 5) is 28.3. The Labute approximate surface area is 406 Å². The van der Waals surface area contributed by atoms with Crippen LogP contribution >= 0.6 is 0 Å². The number of carbonyl (C=O) groups excluding carboxylic acids is 2. The highest BCUT2D eigenvalue weighted by Crippen LogP contribution is 2.67. The molecule has 66 heavy (non-hydrogen) atoms. The van der Waals surface area contributed by atoms with Crippen LogP contribution < -0.4 is 0 Å². The quantitative estimate of drug-likeness (QED) is 0.0369. The van der Waals surface area contributed by atoms with E-state index in [9.17, 15) is 9.59 Å². The molecule has 1 heterocycles. The van der Waals surface area contributed by atoms with E-state index in [4.69, 9.17) is 18.9 Å². The predicted octanol–water partition coefficient (Wildman–Crippen LogP) is 15.2. The molecule has 0 bridgehead atoms. The number of hydrogen-bond donors (Lipinski definition) is 0. The molecule has 0 radical (unpaired) electrons. The third kappa shape index (κ3) is 17.3. The number of fused-ring (bicyclic) bond motifs is 5. The van der Waals surface area contributed by atoms with Gasteiger partial charge in [0.2, 0.25) is 0 Å². The van der Waals surface area contributed by atoms with Crippen LogP contribution in [0.25, 0.3) is 0 Å². The lowest BCUT2D eigenvalue weighted by molar-refractivity contribution is -0.156. The molecule has 3 unspecified atom stereocenters. The SMILES string of the molecule is CCCCCCCC/C=C\CCCCCCCCOC[C@@H](CN1CCC[C@H]1C)OCCOC(=O)CCC(=O)O[C@H]1CC[C@@]2(C)C(=CCC3C2CC[C@@]2(C)C3CC[C@@H]2[C@H](C)CCCC(C)C)C1. The molecule has 1 saturated heterocycles. The van der Waals surface area contributed by atoms with Crippen LogP contribution in [0.1, 0.15) is 235 Å². The molecular weight excluding hydrogens is 819 g/mol. The molecule has 0 aromatic carbocycles. The minimum Gasteiger partial charge on any atom is -0.463 e. The number of allylic oxidation sites excluding steroid dienone is 3. The zero-order valence-electron chi connectivity index (χ0n) is 44.1. The minimum atomic E-state index is -0.364. The second-order valence-electron chi connectivity index (χ2n) is 23.4. The summed E-state index contributed by atoms with van der Waals surface area (Å²) in [5.41, 5.74) is 2.25. The summed E-state index contributed by atoms with van der Waals surface area (Å²) in [6.45, 7) is 20.9. The van der Waals surface area contributed by atoms with Crippen molar-refractivity contribution in [2.75, 3.05) is 39.5 Å². The van der Waals surface area contributed by atoms with Crippen LogP contribution in [0.3, 0.4) is 0 Å². The molecule has 380 valence electrons. The number of nitrogens with zero attached hydrogens (tertiary/aromatic N) is 1. The minimum absolute atomic E-state index is 0.0431. The molecule has 4 fully saturated rings. The van der Waals surface area contributed by atoms with Gasteiger partial charge >= 0.3 is 11.9 Å². The Bertz CT molecular complexity index is 1440. The second kappa shape index (κ2) is 29.5. The van der Waals surface area contributed by atoms with Gasteiger partial charge in [-0.05, 0) is 150 Å². The highest BCUT2D eigenvalue weighted by atomic mass is 16.6. The molecule has 10 atom stereocenters. The maximum absolute atomic E-state index is 13.0. The molecule has 0 amide bonds. The van der Waals surface area contributed by atoms with Crippen LogP contribution in [0.15, 0.2) is 23.8 Å². The van der Waals surface area contributed by atoms with Crippen molar-refractivity contribution < 1.29 is 28.5 Å². The van der Waals surface area contributed by atoms with E-state index < -0.39 is 0 Å². The Morgan fingerprint density at radius 1 is 0.773 bits per heavy atom. The summed E-state index contributed by atoms with van der Waals surface area (Å²) in [6, 6.07) is 0.557. The summed E-state index contributed by atoms with van der Waals surface area (Å²) < 4.78 is 24.0. The van der Waals surface area contributed by atoms with Crippen molar-refractivity contribution in [3.8, 4) is 0 Å². The first-order chi connectivity index (χ1) is 31.9. The molecule has 0 N–H and O–H groups in total. The van der Waals surface area contributed by atoms with E-state index in [-0.39, 0.29) is 49.0 Å². The molecule has 0 aromatic rings. The van der Waals surface area contributed by atoms with Gasteiger partial charge in [-0.1, -0.05) is 142 Å². The van der Waals surface area contributed by atoms with E-state index in [0.717, 1.165) is 80.9 Å². The van der Waals surface area contributed by atoms with E-state index in [1.54, 1.807) is 0 Å². The van der Waals surface area contributed by atoms with Gasteiger partial charge in [-0.25, -0.2) is 0 Å². The lowest BCUT2D eigenvalue weighted by Gasteiger charge is -2.58. The number of rotatable bonds is 33. The molecule has 7 nitrogen and oxygen atoms in total. The first kappa shape index (κ1) is 55.2. The lowest BCUT2D eigenvalue weighted by atomic mass is 9.47. The number of likely N-dealkylation sites (tertiary alicyclic amines) is 1. The van der Waals surface area contributed by atoms with Gasteiger partial charge in [0.25, 0.3) is 0 Å². The summed E-state index contributed by atoms with van der Waals surface area (Å²) in [7, 11) is 0. The molecular formula is C59H103NO6. The first-order valence-electron chi connectivity index (χ1n) is 28.6. The Hall–Kier alpha value is -1.70. The van der Waals surface area contributed by atoms with Crippen LogP contribution in [0.4, 0.5) is 0 Å². The number of ether oxygens (including phenoxy) is 4. The fraction of sp³-hybridized carbons (Fsp3) is 0.898. The standard InChI is InChI=1S/C59H103NO6/c1-8-9-10-11-12-13-14-15-16-17-18-19-20-21-22-23-40-63-45-51(44-60-39-25-28-48(60)5)64-41-42-65-56(61)33-34-57(62)66-50-35-37-58(6)49(43-50)29-30-52-54-32-31-53(47(4)27-24-26-46(2)3)59(54,7)38-36-55(52)58/h15-16,29,46-48,50-55H,8-14,17-28,30-45H2,1-7H3/b16-15-/t47-,48-,50+,51-,52?,53-,54?,55?,58+,59-/m1/s1. The fourth-order valence-electron chi connectivity index (χ4n) is 14.0. The average Bonchev–Trinajstić information content (AvgIpc) is 3.87. The van der Waals surface area contributed by atoms with Crippen molar-refractivity contribution in [2.24, 2.45) is 46.3 Å². The van der Waals surface area contributed by atoms with Crippen LogP contribution in [-0.4, -0.2) is 74.6 Å². The van der Waals surface area contributed by atoms with Gasteiger partial charge in [0.15, 0.2) is 0 Å². The molecule has 4 aliphatic carbocycles. The number of hydrogen-bond acceptors (Lipinski definition) is 7. The second-order valence-corrected chi connectivity index (χ2v) is 23.4. The average molecular weight is 922 g/mol. The predicted molar refractivity (Wildman–Crippen MR) is 273 cm³/mol. The Morgan fingerprint density at radius 2 is 1.48 bits per heavy atom. The maximum Gasteiger partial charge on any atom is 0.306 e. The van der Waals surface area contributed by atoms with Crippen molar-refractivity contribution in [3.63, 3.8) is 0 Å². The molecule has 5 aliphatic rings. The summed E-state index contributed by atoms with van der Waals surface area (Å²) in [5.74, 6) is 4.27. The topological polar surface area (TPSA) is 74.3 Å². The van der Waals surface area contributed by atoms with Gasteiger partial charge in [0, 0.05) is 25.6 Å². The normalized spacial score (nSPS) is 29.7. The maximum atomic E-state index is 13.0. The van der Waals surface area contributed by atoms with Crippen LogP contribution in [0, 0.1) is 46.3 Å². The van der Waals surface area contributed by atoms with Crippen molar-refractivity contribution in [1.82, 2.24) is 4.90 Å². The number of esters is 2. The lowest BCUT2D eigenvalue weighted by Crippen LogP contribution is -2.51. The van der Waals surface area contributed by atoms with Gasteiger partial charge < -0.3 is 18.9 Å². The highest BCUT2D eigenvalue weighted by molar-refractivity contribution is 5.77. The van der Waals surface area contributed by atoms with Gasteiger partial charge in [-0.15, -0.1) is 0 Å². The van der Waals surface area contributed by atoms with Crippen LogP contribution in [-0.2, 0) is 28.5 Å². The van der Waals surface area contributed by atoms with Gasteiger partial charge in [0.1, 0.15) is 12.7 Å². The van der Waals surface area contributed by atoms with Crippen molar-refractivity contribution in [2.45, 2.75) is 253 Å². The van der Waals surface area contributed by atoms with Crippen LogP contribution in [0.2, 0.25) is 0 Å². The van der Waals surface area contributed by atoms with E-state index in [1.165, 1.54) is 153 Å². The first-order valence-corrected chi connectivity index (χ1v) is 28.6. The summed E-state index contributed by atoms with van der Waals surface area (Å²) in [6.07, 6.45) is 41.8. The molecule has 7 heteroatoms. The fourth-order valence-corrected chi connectivity index (χ4v) is 14.0. The summed E-state index contributed by atoms with van der Waals surface area (Å²) in [5, 5.41) is 0. The summed E-state index contributed by atoms with van der Waals surface area (Å²) >= 11 is 0. The van der Waals surface area contributed by atoms with Gasteiger partial charge in [0.05, 0.1) is 32.2 Å². The zero-order chi connectivity index (χ0) is 47.2. The van der Waals surface area contributed by atoms with E-state index >= 15 is 0 Å². The molecule has 0 spiro atoms. The van der Waals surface area contributed by atoms with E-state index in [2.05, 4.69) is 71.6 Å². The van der Waals surface area contributed by atoms with Crippen molar-refractivity contribution >= 4 is 11.9 Å². The van der Waals surface area contributed by atoms with E-state index in [0.29, 0.717) is 24.7 Å². The third-order valence-electron chi connectivity index (χ3n) is 18.0. The smallest absolute Gasteiger partial charge is 0.306 e. The molecule has 5 rings (SSSR count). The molecule has 1 aliphatic heterocycles. The van der Waals surface area contributed by atoms with Gasteiger partial charge in [-0.3, -0.25) is 14.5 Å². The van der Waals surface area contributed by atoms with Crippen molar-refractivity contribution in [1.29, 1.82) is 0 Å². The number of carbonyl (C=O) groups is 2. The third-order valence-corrected chi connectivity index (χ3v) is 18.0. The largest absolute Gasteiger partial charge is 0.463 e. The molecule has 0 aromatic heterocycles. The highest BCUT2D eigenvalue weighted by Gasteiger charge is 2.59. The zero-order valence-corrected chi connectivity index (χ0v) is 44.1.